The summed E-state index contributed by atoms with van der Waals surface area (Å²) in [7, 11) is 0. The van der Waals surface area contributed by atoms with E-state index < -0.39 is 0 Å². The fraction of sp³-hybridized carbons (Fsp3) is 0.471. The monoisotopic (exact) mass is 269 g/mol. The number of aliphatic hydroxyl groups excluding tert-OH is 1. The Balaban J connectivity index is 1.77. The molecule has 0 heterocycles. The summed E-state index contributed by atoms with van der Waals surface area (Å²) >= 11 is 0. The molecule has 104 valence electrons. The van der Waals surface area contributed by atoms with Gasteiger partial charge in [0.15, 0.2) is 0 Å². The minimum Gasteiger partial charge on any atom is -0.384 e. The van der Waals surface area contributed by atoms with E-state index in [2.05, 4.69) is 16.7 Å². The summed E-state index contributed by atoms with van der Waals surface area (Å²) < 4.78 is 0. The first-order valence-corrected chi connectivity index (χ1v) is 7.28. The number of hydrogen-bond donors (Lipinski definition) is 1. The van der Waals surface area contributed by atoms with Gasteiger partial charge in [-0.25, -0.2) is 0 Å². The summed E-state index contributed by atoms with van der Waals surface area (Å²) in [4.78, 5) is 14.7. The second kappa shape index (κ2) is 5.68. The highest BCUT2D eigenvalue weighted by Gasteiger charge is 2.36. The first-order chi connectivity index (χ1) is 9.78. The second-order valence-corrected chi connectivity index (χ2v) is 5.67. The minimum atomic E-state index is -0.159. The Kier molecular flexibility index (Phi) is 3.75. The van der Waals surface area contributed by atoms with Gasteiger partial charge in [0.1, 0.15) is 6.61 Å². The molecule has 0 spiro atoms. The molecule has 0 radical (unpaired) electrons. The fourth-order valence-corrected chi connectivity index (χ4v) is 2.40. The molecule has 2 aliphatic rings. The van der Waals surface area contributed by atoms with Crippen LogP contribution in [0, 0.1) is 17.8 Å². The maximum atomic E-state index is 12.6. The highest BCUT2D eigenvalue weighted by molar-refractivity contribution is 5.95. The van der Waals surface area contributed by atoms with Crippen molar-refractivity contribution in [2.24, 2.45) is 5.92 Å². The lowest BCUT2D eigenvalue weighted by molar-refractivity contribution is 0.0735. The molecule has 2 saturated carbocycles. The fourth-order valence-electron chi connectivity index (χ4n) is 2.40. The molecule has 3 nitrogen and oxygen atoms in total. The van der Waals surface area contributed by atoms with Crippen LogP contribution in [0.1, 0.15) is 41.6 Å². The van der Waals surface area contributed by atoms with Gasteiger partial charge in [-0.05, 0) is 49.8 Å². The molecular weight excluding hydrogens is 250 g/mol. The van der Waals surface area contributed by atoms with Crippen LogP contribution in [0.25, 0.3) is 0 Å². The SMILES string of the molecule is O=C(c1cccc(C#CCO)c1)N(CC1CC1)C1CC1. The van der Waals surface area contributed by atoms with Crippen molar-refractivity contribution in [3.05, 3.63) is 35.4 Å². The Hall–Kier alpha value is -1.79. The smallest absolute Gasteiger partial charge is 0.254 e. The summed E-state index contributed by atoms with van der Waals surface area (Å²) in [6, 6.07) is 7.86. The zero-order valence-electron chi connectivity index (χ0n) is 11.5. The highest BCUT2D eigenvalue weighted by Crippen LogP contribution is 2.35. The topological polar surface area (TPSA) is 40.5 Å². The maximum Gasteiger partial charge on any atom is 0.254 e. The van der Waals surface area contributed by atoms with Gasteiger partial charge in [-0.15, -0.1) is 0 Å². The number of amides is 1. The van der Waals surface area contributed by atoms with E-state index in [1.807, 2.05) is 24.3 Å². The Morgan fingerprint density at radius 2 is 2.10 bits per heavy atom. The molecule has 1 aromatic rings. The third-order valence-electron chi connectivity index (χ3n) is 3.82. The van der Waals surface area contributed by atoms with Crippen molar-refractivity contribution in [2.75, 3.05) is 13.2 Å². The molecular formula is C17H19NO2. The van der Waals surface area contributed by atoms with Gasteiger partial charge in [0.2, 0.25) is 0 Å². The Morgan fingerprint density at radius 3 is 2.75 bits per heavy atom. The molecule has 1 N–H and O–H groups in total. The van der Waals surface area contributed by atoms with Gasteiger partial charge in [-0.3, -0.25) is 4.79 Å². The average molecular weight is 269 g/mol. The normalized spacial score (nSPS) is 17.2. The van der Waals surface area contributed by atoms with Crippen LogP contribution in [0.2, 0.25) is 0 Å². The molecule has 1 amide bonds. The second-order valence-electron chi connectivity index (χ2n) is 5.67. The Bertz CT molecular complexity index is 562. The first kappa shape index (κ1) is 13.2. The van der Waals surface area contributed by atoms with Crippen LogP contribution in [0.5, 0.6) is 0 Å². The number of carbonyl (C=O) groups excluding carboxylic acids is 1. The molecule has 0 atom stereocenters. The molecule has 2 fully saturated rings. The van der Waals surface area contributed by atoms with Crippen LogP contribution in [0.3, 0.4) is 0 Å². The predicted octanol–water partition coefficient (Wildman–Crippen LogP) is 2.04. The standard InChI is InChI=1S/C17H19NO2/c19-10-2-4-13-3-1-5-15(11-13)17(20)18(16-8-9-16)12-14-6-7-14/h1,3,5,11,14,16,19H,6-10,12H2. The zero-order valence-corrected chi connectivity index (χ0v) is 11.5. The van der Waals surface area contributed by atoms with Gasteiger partial charge in [0, 0.05) is 23.7 Å². The van der Waals surface area contributed by atoms with Crippen LogP contribution >= 0.6 is 0 Å². The first-order valence-electron chi connectivity index (χ1n) is 7.28. The van der Waals surface area contributed by atoms with Gasteiger partial charge < -0.3 is 10.0 Å². The molecule has 0 saturated heterocycles. The van der Waals surface area contributed by atoms with E-state index in [0.29, 0.717) is 11.6 Å². The van der Waals surface area contributed by atoms with E-state index >= 15 is 0 Å². The van der Waals surface area contributed by atoms with Crippen molar-refractivity contribution in [2.45, 2.75) is 31.7 Å². The summed E-state index contributed by atoms with van der Waals surface area (Å²) in [6.45, 7) is 0.754. The summed E-state index contributed by atoms with van der Waals surface area (Å²) in [5.41, 5.74) is 1.49. The zero-order chi connectivity index (χ0) is 13.9. The van der Waals surface area contributed by atoms with Crippen LogP contribution in [-0.2, 0) is 0 Å². The Labute approximate surface area is 119 Å². The van der Waals surface area contributed by atoms with Gasteiger partial charge in [0.25, 0.3) is 5.91 Å². The number of hydrogen-bond acceptors (Lipinski definition) is 2. The van der Waals surface area contributed by atoms with Crippen molar-refractivity contribution in [3.8, 4) is 11.8 Å². The number of aliphatic hydroxyl groups is 1. The maximum absolute atomic E-state index is 12.6. The molecule has 20 heavy (non-hydrogen) atoms. The van der Waals surface area contributed by atoms with E-state index in [1.165, 1.54) is 12.8 Å². The van der Waals surface area contributed by atoms with Crippen LogP contribution in [0.4, 0.5) is 0 Å². The van der Waals surface area contributed by atoms with Gasteiger partial charge >= 0.3 is 0 Å². The molecule has 0 bridgehead atoms. The summed E-state index contributed by atoms with van der Waals surface area (Å²) in [5, 5.41) is 8.73. The van der Waals surface area contributed by atoms with Crippen LogP contribution in [0.15, 0.2) is 24.3 Å². The van der Waals surface area contributed by atoms with Crippen molar-refractivity contribution in [3.63, 3.8) is 0 Å². The molecule has 0 aliphatic heterocycles. The average Bonchev–Trinajstić information content (AvgIpc) is 3.35. The van der Waals surface area contributed by atoms with Crippen molar-refractivity contribution in [1.29, 1.82) is 0 Å². The minimum absolute atomic E-state index is 0.132. The van der Waals surface area contributed by atoms with Crippen molar-refractivity contribution < 1.29 is 9.90 Å². The number of carbonyl (C=O) groups is 1. The van der Waals surface area contributed by atoms with E-state index in [4.69, 9.17) is 5.11 Å². The number of rotatable bonds is 4. The summed E-state index contributed by atoms with van der Waals surface area (Å²) in [6.07, 6.45) is 4.81. The molecule has 3 heteroatoms. The van der Waals surface area contributed by atoms with E-state index in [1.54, 1.807) is 0 Å². The molecule has 0 unspecified atom stereocenters. The third kappa shape index (κ3) is 3.20. The van der Waals surface area contributed by atoms with Gasteiger partial charge in [-0.1, -0.05) is 17.9 Å². The molecule has 3 rings (SSSR count). The van der Waals surface area contributed by atoms with Crippen LogP contribution < -0.4 is 0 Å². The molecule has 2 aliphatic carbocycles. The lowest BCUT2D eigenvalue weighted by Crippen LogP contribution is -2.34. The third-order valence-corrected chi connectivity index (χ3v) is 3.82. The number of benzene rings is 1. The predicted molar refractivity (Wildman–Crippen MR) is 77.2 cm³/mol. The number of nitrogens with zero attached hydrogens (tertiary/aromatic N) is 1. The van der Waals surface area contributed by atoms with Gasteiger partial charge in [0.05, 0.1) is 0 Å². The summed E-state index contributed by atoms with van der Waals surface area (Å²) in [5.74, 6) is 6.32. The van der Waals surface area contributed by atoms with Crippen LogP contribution in [-0.4, -0.2) is 35.1 Å². The molecule has 1 aromatic carbocycles. The molecule has 0 aromatic heterocycles. The van der Waals surface area contributed by atoms with E-state index in [0.717, 1.165) is 30.9 Å². The largest absolute Gasteiger partial charge is 0.384 e. The van der Waals surface area contributed by atoms with Crippen molar-refractivity contribution >= 4 is 5.91 Å². The van der Waals surface area contributed by atoms with Crippen molar-refractivity contribution in [1.82, 2.24) is 4.90 Å². The Morgan fingerprint density at radius 1 is 1.30 bits per heavy atom. The van der Waals surface area contributed by atoms with E-state index in [9.17, 15) is 4.79 Å². The van der Waals surface area contributed by atoms with Gasteiger partial charge in [-0.2, -0.15) is 0 Å². The highest BCUT2D eigenvalue weighted by atomic mass is 16.2. The lowest BCUT2D eigenvalue weighted by Gasteiger charge is -2.22. The van der Waals surface area contributed by atoms with E-state index in [-0.39, 0.29) is 12.5 Å². The quantitative estimate of drug-likeness (QED) is 0.850. The lowest BCUT2D eigenvalue weighted by atomic mass is 10.1.